The summed E-state index contributed by atoms with van der Waals surface area (Å²) in [5.41, 5.74) is 1.41. The van der Waals surface area contributed by atoms with E-state index in [1.807, 2.05) is 17.2 Å². The lowest BCUT2D eigenvalue weighted by Gasteiger charge is -2.38. The summed E-state index contributed by atoms with van der Waals surface area (Å²) in [6.45, 7) is 3.24. The van der Waals surface area contributed by atoms with Crippen LogP contribution in [0.15, 0.2) is 5.38 Å². The number of aryl methyl sites for hydroxylation is 1. The SMILES string of the molecule is COC(=O)c1scc(C)c1NC(=O)C1CCC(N2CCOCC2=O)CC1. The van der Waals surface area contributed by atoms with Crippen LogP contribution in [0.25, 0.3) is 0 Å². The van der Waals surface area contributed by atoms with Crippen LogP contribution in [0.1, 0.15) is 40.9 Å². The van der Waals surface area contributed by atoms with Crippen molar-refractivity contribution in [2.24, 2.45) is 5.92 Å². The van der Waals surface area contributed by atoms with Crippen molar-refractivity contribution in [1.82, 2.24) is 4.90 Å². The number of nitrogens with one attached hydrogen (secondary N) is 1. The van der Waals surface area contributed by atoms with E-state index in [9.17, 15) is 14.4 Å². The Morgan fingerprint density at radius 3 is 2.69 bits per heavy atom. The van der Waals surface area contributed by atoms with Gasteiger partial charge in [-0.3, -0.25) is 9.59 Å². The van der Waals surface area contributed by atoms with Crippen LogP contribution in [0.4, 0.5) is 5.69 Å². The molecule has 1 saturated carbocycles. The van der Waals surface area contributed by atoms with Crippen molar-refractivity contribution in [1.29, 1.82) is 0 Å². The quantitative estimate of drug-likeness (QED) is 0.810. The van der Waals surface area contributed by atoms with E-state index in [1.165, 1.54) is 18.4 Å². The molecule has 7 nitrogen and oxygen atoms in total. The molecule has 8 heteroatoms. The van der Waals surface area contributed by atoms with Crippen LogP contribution in [0.5, 0.6) is 0 Å². The van der Waals surface area contributed by atoms with Crippen molar-refractivity contribution in [3.8, 4) is 0 Å². The highest BCUT2D eigenvalue weighted by Gasteiger charge is 2.33. The zero-order chi connectivity index (χ0) is 18.7. The minimum atomic E-state index is -0.437. The lowest BCUT2D eigenvalue weighted by molar-refractivity contribution is -0.146. The maximum absolute atomic E-state index is 12.7. The number of methoxy groups -OCH3 is 1. The van der Waals surface area contributed by atoms with Gasteiger partial charge in [-0.25, -0.2) is 4.79 Å². The molecule has 1 aromatic rings. The number of hydrogen-bond donors (Lipinski definition) is 1. The smallest absolute Gasteiger partial charge is 0.350 e. The summed E-state index contributed by atoms with van der Waals surface area (Å²) in [7, 11) is 1.33. The third-order valence-electron chi connectivity index (χ3n) is 5.12. The topological polar surface area (TPSA) is 84.9 Å². The van der Waals surface area contributed by atoms with Crippen LogP contribution in [0.2, 0.25) is 0 Å². The second-order valence-corrected chi connectivity index (χ2v) is 7.63. The van der Waals surface area contributed by atoms with Crippen LogP contribution in [-0.2, 0) is 19.1 Å². The van der Waals surface area contributed by atoms with Gasteiger partial charge >= 0.3 is 5.97 Å². The maximum Gasteiger partial charge on any atom is 0.350 e. The van der Waals surface area contributed by atoms with E-state index in [0.29, 0.717) is 23.7 Å². The van der Waals surface area contributed by atoms with Gasteiger partial charge in [-0.2, -0.15) is 0 Å². The molecule has 0 unspecified atom stereocenters. The molecule has 2 amide bonds. The van der Waals surface area contributed by atoms with E-state index in [0.717, 1.165) is 31.2 Å². The van der Waals surface area contributed by atoms with Gasteiger partial charge < -0.3 is 19.7 Å². The number of thiophene rings is 1. The fourth-order valence-corrected chi connectivity index (χ4v) is 4.56. The van der Waals surface area contributed by atoms with Crippen molar-refractivity contribution in [2.75, 3.05) is 32.2 Å². The van der Waals surface area contributed by atoms with Crippen LogP contribution in [0, 0.1) is 12.8 Å². The summed E-state index contributed by atoms with van der Waals surface area (Å²) >= 11 is 1.27. The number of hydrogen-bond acceptors (Lipinski definition) is 6. The molecule has 142 valence electrons. The molecule has 2 fully saturated rings. The first-order chi connectivity index (χ1) is 12.5. The van der Waals surface area contributed by atoms with Gasteiger partial charge in [-0.15, -0.1) is 11.3 Å². The second kappa shape index (κ2) is 8.18. The molecule has 1 aromatic heterocycles. The molecule has 2 aliphatic rings. The van der Waals surface area contributed by atoms with Crippen LogP contribution >= 0.6 is 11.3 Å². The number of esters is 1. The third-order valence-corrected chi connectivity index (χ3v) is 6.20. The van der Waals surface area contributed by atoms with Gasteiger partial charge in [-0.05, 0) is 43.6 Å². The van der Waals surface area contributed by atoms with Crippen molar-refractivity contribution in [3.63, 3.8) is 0 Å². The average Bonchev–Trinajstić information content (AvgIpc) is 3.02. The third kappa shape index (κ3) is 3.91. The first-order valence-corrected chi connectivity index (χ1v) is 9.73. The Morgan fingerprint density at radius 1 is 1.31 bits per heavy atom. The molecule has 0 spiro atoms. The molecular weight excluding hydrogens is 356 g/mol. The number of morpholine rings is 1. The number of amides is 2. The number of ether oxygens (including phenoxy) is 2. The van der Waals surface area contributed by atoms with E-state index < -0.39 is 5.97 Å². The summed E-state index contributed by atoms with van der Waals surface area (Å²) in [6, 6.07) is 0.198. The highest BCUT2D eigenvalue weighted by molar-refractivity contribution is 7.12. The summed E-state index contributed by atoms with van der Waals surface area (Å²) in [4.78, 5) is 38.8. The maximum atomic E-state index is 12.7. The van der Waals surface area contributed by atoms with E-state index in [4.69, 9.17) is 9.47 Å². The standard InChI is InChI=1S/C18H24N2O5S/c1-11-10-26-16(18(23)24-2)15(11)19-17(22)12-3-5-13(6-4-12)20-7-8-25-9-14(20)21/h10,12-13H,3-9H2,1-2H3,(H,19,22). The van der Waals surface area contributed by atoms with Crippen molar-refractivity contribution >= 4 is 34.8 Å². The van der Waals surface area contributed by atoms with Crippen molar-refractivity contribution < 1.29 is 23.9 Å². The molecule has 0 radical (unpaired) electrons. The predicted molar refractivity (Wildman–Crippen MR) is 97.3 cm³/mol. The lowest BCUT2D eigenvalue weighted by Crippen LogP contribution is -2.49. The fourth-order valence-electron chi connectivity index (χ4n) is 3.63. The van der Waals surface area contributed by atoms with Crippen LogP contribution in [0.3, 0.4) is 0 Å². The Bertz CT molecular complexity index is 694. The fraction of sp³-hybridized carbons (Fsp3) is 0.611. The number of carbonyl (C=O) groups is 3. The van der Waals surface area contributed by atoms with E-state index in [2.05, 4.69) is 5.32 Å². The van der Waals surface area contributed by atoms with Gasteiger partial charge in [-0.1, -0.05) is 0 Å². The molecule has 2 heterocycles. The molecule has 0 bridgehead atoms. The Balaban J connectivity index is 1.58. The molecular formula is C18H24N2O5S. The Kier molecular flexibility index (Phi) is 5.93. The highest BCUT2D eigenvalue weighted by atomic mass is 32.1. The Labute approximate surface area is 156 Å². The summed E-state index contributed by atoms with van der Waals surface area (Å²) in [5, 5.41) is 4.75. The lowest BCUT2D eigenvalue weighted by atomic mass is 9.84. The molecule has 0 atom stereocenters. The van der Waals surface area contributed by atoms with Crippen LogP contribution in [-0.4, -0.2) is 55.6 Å². The molecule has 3 rings (SSSR count). The summed E-state index contributed by atoms with van der Waals surface area (Å²) in [6.07, 6.45) is 3.10. The van der Waals surface area contributed by atoms with Crippen molar-refractivity contribution in [3.05, 3.63) is 15.8 Å². The largest absolute Gasteiger partial charge is 0.465 e. The number of rotatable bonds is 4. The summed E-state index contributed by atoms with van der Waals surface area (Å²) < 4.78 is 9.96. The van der Waals surface area contributed by atoms with Crippen molar-refractivity contribution in [2.45, 2.75) is 38.6 Å². The first-order valence-electron chi connectivity index (χ1n) is 8.85. The van der Waals surface area contributed by atoms with Gasteiger partial charge in [0.1, 0.15) is 11.5 Å². The zero-order valence-corrected chi connectivity index (χ0v) is 15.9. The minimum Gasteiger partial charge on any atom is -0.465 e. The van der Waals surface area contributed by atoms with Gasteiger partial charge in [0.2, 0.25) is 11.8 Å². The Hall–Kier alpha value is -1.93. The zero-order valence-electron chi connectivity index (χ0n) is 15.1. The number of carbonyl (C=O) groups excluding carboxylic acids is 3. The molecule has 1 aliphatic carbocycles. The molecule has 1 saturated heterocycles. The Morgan fingerprint density at radius 2 is 2.04 bits per heavy atom. The minimum absolute atomic E-state index is 0.0424. The summed E-state index contributed by atoms with van der Waals surface area (Å²) in [5.74, 6) is -0.565. The van der Waals surface area contributed by atoms with E-state index >= 15 is 0 Å². The average molecular weight is 380 g/mol. The molecule has 0 aromatic carbocycles. The highest BCUT2D eigenvalue weighted by Crippen LogP contribution is 2.32. The van der Waals surface area contributed by atoms with Gasteiger partial charge in [0.15, 0.2) is 0 Å². The van der Waals surface area contributed by atoms with Gasteiger partial charge in [0.25, 0.3) is 0 Å². The second-order valence-electron chi connectivity index (χ2n) is 6.75. The molecule has 26 heavy (non-hydrogen) atoms. The predicted octanol–water partition coefficient (Wildman–Crippen LogP) is 2.20. The van der Waals surface area contributed by atoms with Crippen LogP contribution < -0.4 is 5.32 Å². The number of nitrogens with zero attached hydrogens (tertiary/aromatic N) is 1. The molecule has 1 N–H and O–H groups in total. The van der Waals surface area contributed by atoms with E-state index in [-0.39, 0.29) is 30.4 Å². The van der Waals surface area contributed by atoms with Gasteiger partial charge in [0, 0.05) is 18.5 Å². The monoisotopic (exact) mass is 380 g/mol. The normalized spacial score (nSPS) is 23.6. The number of anilines is 1. The first kappa shape index (κ1) is 18.8. The molecule has 1 aliphatic heterocycles. The van der Waals surface area contributed by atoms with E-state index in [1.54, 1.807) is 0 Å². The van der Waals surface area contributed by atoms with Gasteiger partial charge in [0.05, 0.1) is 19.4 Å².